The van der Waals surface area contributed by atoms with E-state index in [1.165, 1.54) is 0 Å². The van der Waals surface area contributed by atoms with E-state index in [1.54, 1.807) is 6.26 Å². The molecule has 0 bridgehead atoms. The van der Waals surface area contributed by atoms with Crippen molar-refractivity contribution < 1.29 is 4.42 Å². The van der Waals surface area contributed by atoms with E-state index in [0.29, 0.717) is 6.54 Å². The van der Waals surface area contributed by atoms with Gasteiger partial charge >= 0.3 is 0 Å². The molecule has 5 heteroatoms. The third kappa shape index (κ3) is 3.74. The smallest absolute Gasteiger partial charge is 0.137 e. The lowest BCUT2D eigenvalue weighted by Gasteiger charge is -2.24. The van der Waals surface area contributed by atoms with Gasteiger partial charge in [0, 0.05) is 18.7 Å². The lowest BCUT2D eigenvalue weighted by Crippen LogP contribution is -2.25. The van der Waals surface area contributed by atoms with E-state index in [2.05, 4.69) is 41.0 Å². The summed E-state index contributed by atoms with van der Waals surface area (Å²) in [7, 11) is 0. The van der Waals surface area contributed by atoms with E-state index in [-0.39, 0.29) is 0 Å². The van der Waals surface area contributed by atoms with Crippen LogP contribution in [0.1, 0.15) is 37.4 Å². The predicted molar refractivity (Wildman–Crippen MR) is 85.7 cm³/mol. The summed E-state index contributed by atoms with van der Waals surface area (Å²) < 4.78 is 5.45. The first kappa shape index (κ1) is 15.4. The molecule has 0 amide bonds. The summed E-state index contributed by atoms with van der Waals surface area (Å²) in [5, 5.41) is 3.38. The van der Waals surface area contributed by atoms with Crippen LogP contribution in [-0.4, -0.2) is 23.1 Å². The molecule has 114 valence electrons. The summed E-state index contributed by atoms with van der Waals surface area (Å²) in [5.41, 5.74) is 1.09. The number of rotatable bonds is 7. The Morgan fingerprint density at radius 2 is 2.05 bits per heavy atom. The van der Waals surface area contributed by atoms with Crippen molar-refractivity contribution in [2.75, 3.05) is 23.3 Å². The van der Waals surface area contributed by atoms with Gasteiger partial charge in [0.15, 0.2) is 0 Å². The van der Waals surface area contributed by atoms with Crippen molar-refractivity contribution in [2.45, 2.75) is 40.7 Å². The number of nitrogens with zero attached hydrogens (tertiary/aromatic N) is 3. The van der Waals surface area contributed by atoms with E-state index in [9.17, 15) is 0 Å². The number of furan rings is 1. The number of nitrogens with one attached hydrogen (secondary N) is 1. The average molecular weight is 288 g/mol. The van der Waals surface area contributed by atoms with Gasteiger partial charge < -0.3 is 14.6 Å². The fourth-order valence-electron chi connectivity index (χ4n) is 2.26. The van der Waals surface area contributed by atoms with Crippen LogP contribution in [0.25, 0.3) is 0 Å². The summed E-state index contributed by atoms with van der Waals surface area (Å²) in [5.74, 6) is 3.62. The van der Waals surface area contributed by atoms with Gasteiger partial charge in [-0.3, -0.25) is 0 Å². The average Bonchev–Trinajstić information content (AvgIpc) is 2.98. The number of aryl methyl sites for hydroxylation is 1. The zero-order chi connectivity index (χ0) is 15.2. The van der Waals surface area contributed by atoms with E-state index in [4.69, 9.17) is 4.42 Å². The minimum atomic E-state index is 0.716. The first-order valence-electron chi connectivity index (χ1n) is 7.52. The fraction of sp³-hybridized carbons (Fsp3) is 0.500. The van der Waals surface area contributed by atoms with Gasteiger partial charge in [-0.1, -0.05) is 6.92 Å². The number of hydrogen-bond acceptors (Lipinski definition) is 5. The molecule has 2 rings (SSSR count). The molecule has 2 aromatic heterocycles. The summed E-state index contributed by atoms with van der Waals surface area (Å²) in [6, 6.07) is 3.90. The summed E-state index contributed by atoms with van der Waals surface area (Å²) in [6.45, 7) is 10.8. The molecular weight excluding hydrogens is 264 g/mol. The van der Waals surface area contributed by atoms with Crippen LogP contribution in [0.4, 0.5) is 11.6 Å². The molecule has 2 heterocycles. The second-order valence-electron chi connectivity index (χ2n) is 5.09. The van der Waals surface area contributed by atoms with Crippen LogP contribution in [0.3, 0.4) is 0 Å². The van der Waals surface area contributed by atoms with Gasteiger partial charge in [-0.25, -0.2) is 9.97 Å². The van der Waals surface area contributed by atoms with Crippen LogP contribution >= 0.6 is 0 Å². The molecule has 1 N–H and O–H groups in total. The maximum Gasteiger partial charge on any atom is 0.137 e. The summed E-state index contributed by atoms with van der Waals surface area (Å²) in [6.07, 6.45) is 2.78. The Hall–Kier alpha value is -2.04. The quantitative estimate of drug-likeness (QED) is 0.844. The molecule has 21 heavy (non-hydrogen) atoms. The second kappa shape index (κ2) is 7.11. The topological polar surface area (TPSA) is 54.2 Å². The minimum absolute atomic E-state index is 0.716. The molecule has 0 saturated heterocycles. The maximum atomic E-state index is 5.45. The Morgan fingerprint density at radius 3 is 2.67 bits per heavy atom. The lowest BCUT2D eigenvalue weighted by molar-refractivity contribution is 0.502. The Labute approximate surface area is 126 Å². The standard InChI is InChI=1S/C16H24N4O/c1-5-9-17-15-12(3)16(19-13(4)18-15)20(6-2)11-14-8-7-10-21-14/h7-8,10H,5-6,9,11H2,1-4H3,(H,17,18,19). The van der Waals surface area contributed by atoms with Crippen molar-refractivity contribution in [3.05, 3.63) is 35.5 Å². The molecular formula is C16H24N4O. The molecule has 0 atom stereocenters. The van der Waals surface area contributed by atoms with Crippen molar-refractivity contribution >= 4 is 11.6 Å². The monoisotopic (exact) mass is 288 g/mol. The van der Waals surface area contributed by atoms with Gasteiger partial charge in [-0.05, 0) is 39.3 Å². The second-order valence-corrected chi connectivity index (χ2v) is 5.09. The van der Waals surface area contributed by atoms with Crippen LogP contribution in [-0.2, 0) is 6.54 Å². The van der Waals surface area contributed by atoms with E-state index < -0.39 is 0 Å². The Morgan fingerprint density at radius 1 is 1.24 bits per heavy atom. The van der Waals surface area contributed by atoms with Crippen molar-refractivity contribution in [1.82, 2.24) is 9.97 Å². The molecule has 0 fully saturated rings. The zero-order valence-electron chi connectivity index (χ0n) is 13.3. The van der Waals surface area contributed by atoms with Crippen LogP contribution in [0.15, 0.2) is 22.8 Å². The Bertz CT molecular complexity index is 566. The molecule has 0 aromatic carbocycles. The molecule has 0 radical (unpaired) electrons. The van der Waals surface area contributed by atoms with Crippen molar-refractivity contribution in [3.8, 4) is 0 Å². The highest BCUT2D eigenvalue weighted by molar-refractivity contribution is 5.58. The molecule has 0 aliphatic carbocycles. The largest absolute Gasteiger partial charge is 0.467 e. The predicted octanol–water partition coefficient (Wildman–Crippen LogP) is 3.53. The fourth-order valence-corrected chi connectivity index (χ4v) is 2.26. The van der Waals surface area contributed by atoms with Crippen LogP contribution in [0, 0.1) is 13.8 Å². The van der Waals surface area contributed by atoms with Crippen LogP contribution < -0.4 is 10.2 Å². The van der Waals surface area contributed by atoms with Gasteiger partial charge in [-0.15, -0.1) is 0 Å². The third-order valence-electron chi connectivity index (χ3n) is 3.38. The molecule has 5 nitrogen and oxygen atoms in total. The molecule has 0 spiro atoms. The van der Waals surface area contributed by atoms with Crippen molar-refractivity contribution in [3.63, 3.8) is 0 Å². The van der Waals surface area contributed by atoms with Crippen molar-refractivity contribution in [1.29, 1.82) is 0 Å². The third-order valence-corrected chi connectivity index (χ3v) is 3.38. The van der Waals surface area contributed by atoms with Crippen LogP contribution in [0.5, 0.6) is 0 Å². The SMILES string of the molecule is CCCNc1nc(C)nc(N(CC)Cc2ccco2)c1C. The molecule has 0 saturated carbocycles. The van der Waals surface area contributed by atoms with Gasteiger partial charge in [-0.2, -0.15) is 0 Å². The molecule has 0 unspecified atom stereocenters. The number of anilines is 2. The number of hydrogen-bond donors (Lipinski definition) is 1. The van der Waals surface area contributed by atoms with Crippen LogP contribution in [0.2, 0.25) is 0 Å². The Balaban J connectivity index is 2.29. The van der Waals surface area contributed by atoms with E-state index >= 15 is 0 Å². The number of aromatic nitrogens is 2. The minimum Gasteiger partial charge on any atom is -0.467 e. The highest BCUT2D eigenvalue weighted by atomic mass is 16.3. The zero-order valence-corrected chi connectivity index (χ0v) is 13.3. The lowest BCUT2D eigenvalue weighted by atomic mass is 10.2. The van der Waals surface area contributed by atoms with Gasteiger partial charge in [0.05, 0.1) is 12.8 Å². The van der Waals surface area contributed by atoms with Gasteiger partial charge in [0.1, 0.15) is 23.2 Å². The highest BCUT2D eigenvalue weighted by Gasteiger charge is 2.15. The maximum absolute atomic E-state index is 5.45. The first-order valence-corrected chi connectivity index (χ1v) is 7.52. The van der Waals surface area contributed by atoms with Crippen molar-refractivity contribution in [2.24, 2.45) is 0 Å². The highest BCUT2D eigenvalue weighted by Crippen LogP contribution is 2.25. The van der Waals surface area contributed by atoms with E-state index in [0.717, 1.165) is 48.3 Å². The first-order chi connectivity index (χ1) is 10.2. The molecule has 0 aliphatic heterocycles. The molecule has 2 aromatic rings. The summed E-state index contributed by atoms with van der Waals surface area (Å²) in [4.78, 5) is 11.3. The Kier molecular flexibility index (Phi) is 5.20. The van der Waals surface area contributed by atoms with E-state index in [1.807, 2.05) is 19.1 Å². The van der Waals surface area contributed by atoms with Gasteiger partial charge in [0.25, 0.3) is 0 Å². The van der Waals surface area contributed by atoms with Gasteiger partial charge in [0.2, 0.25) is 0 Å². The normalized spacial score (nSPS) is 10.7. The summed E-state index contributed by atoms with van der Waals surface area (Å²) >= 11 is 0. The molecule has 0 aliphatic rings.